The topological polar surface area (TPSA) is 62.1 Å². The van der Waals surface area contributed by atoms with Crippen molar-refractivity contribution >= 4 is 22.1 Å². The van der Waals surface area contributed by atoms with Crippen molar-refractivity contribution in [2.75, 3.05) is 20.1 Å². The number of nitrogens with zero attached hydrogens (tertiary/aromatic N) is 2. The molecule has 2 aliphatic carbocycles. The zero-order chi connectivity index (χ0) is 18.2. The van der Waals surface area contributed by atoms with E-state index in [-0.39, 0.29) is 5.56 Å². The van der Waals surface area contributed by atoms with Gasteiger partial charge in [0.1, 0.15) is 16.9 Å². The van der Waals surface area contributed by atoms with Crippen LogP contribution in [0.4, 0.5) is 0 Å². The number of aromatic nitrogens is 2. The Bertz CT molecular complexity index is 1100. The summed E-state index contributed by atoms with van der Waals surface area (Å²) in [7, 11) is 2.21. The van der Waals surface area contributed by atoms with Crippen LogP contribution in [0, 0.1) is 11.3 Å². The lowest BCUT2D eigenvalue weighted by Crippen LogP contribution is -2.32. The molecule has 2 saturated carbocycles. The summed E-state index contributed by atoms with van der Waals surface area (Å²) in [4.78, 5) is 22.9. The molecule has 6 rings (SSSR count). The van der Waals surface area contributed by atoms with E-state index >= 15 is 0 Å². The number of piperidine rings is 1. The number of hydrogen-bond acceptors (Lipinski definition) is 4. The maximum atomic E-state index is 12.6. The zero-order valence-corrected chi connectivity index (χ0v) is 15.8. The highest BCUT2D eigenvalue weighted by Gasteiger charge is 2.54. The zero-order valence-electron chi connectivity index (χ0n) is 15.8. The van der Waals surface area contributed by atoms with Gasteiger partial charge >= 0.3 is 0 Å². The van der Waals surface area contributed by atoms with Crippen molar-refractivity contribution < 1.29 is 4.42 Å². The lowest BCUT2D eigenvalue weighted by molar-refractivity contribution is 0.192. The van der Waals surface area contributed by atoms with Gasteiger partial charge in [-0.2, -0.15) is 0 Å². The quantitative estimate of drug-likeness (QED) is 0.768. The molecule has 3 heterocycles. The predicted molar refractivity (Wildman–Crippen MR) is 105 cm³/mol. The average molecular weight is 363 g/mol. The van der Waals surface area contributed by atoms with E-state index in [0.29, 0.717) is 22.8 Å². The van der Waals surface area contributed by atoms with Crippen molar-refractivity contribution in [1.29, 1.82) is 0 Å². The van der Waals surface area contributed by atoms with Crippen LogP contribution >= 0.6 is 0 Å². The fourth-order valence-corrected chi connectivity index (χ4v) is 5.12. The normalized spacial score (nSPS) is 24.9. The van der Waals surface area contributed by atoms with Gasteiger partial charge in [0.2, 0.25) is 5.58 Å². The third-order valence-corrected chi connectivity index (χ3v) is 7.23. The van der Waals surface area contributed by atoms with Gasteiger partial charge in [-0.05, 0) is 87.2 Å². The minimum Gasteiger partial charge on any atom is -0.449 e. The number of nitrogens with one attached hydrogen (secondary N) is 1. The molecule has 5 nitrogen and oxygen atoms in total. The van der Waals surface area contributed by atoms with Crippen LogP contribution in [0.5, 0.6) is 0 Å². The Morgan fingerprint density at radius 1 is 1.30 bits per heavy atom. The molecule has 2 aromatic heterocycles. The number of rotatable bonds is 3. The van der Waals surface area contributed by atoms with Crippen molar-refractivity contribution in [3.05, 3.63) is 39.9 Å². The monoisotopic (exact) mass is 363 g/mol. The highest BCUT2D eigenvalue weighted by atomic mass is 16.3. The van der Waals surface area contributed by atoms with Gasteiger partial charge in [-0.25, -0.2) is 4.98 Å². The fourth-order valence-electron chi connectivity index (χ4n) is 5.12. The molecule has 1 aromatic carbocycles. The summed E-state index contributed by atoms with van der Waals surface area (Å²) < 4.78 is 5.82. The van der Waals surface area contributed by atoms with Crippen molar-refractivity contribution in [3.8, 4) is 0 Å². The summed E-state index contributed by atoms with van der Waals surface area (Å²) >= 11 is 0. The summed E-state index contributed by atoms with van der Waals surface area (Å²) in [5.41, 5.74) is 3.58. The Balaban J connectivity index is 1.35. The molecule has 1 unspecified atom stereocenters. The molecule has 3 aliphatic rings. The molecule has 0 amide bonds. The Labute approximate surface area is 157 Å². The van der Waals surface area contributed by atoms with Gasteiger partial charge in [0.15, 0.2) is 0 Å². The summed E-state index contributed by atoms with van der Waals surface area (Å²) in [6.07, 6.45) is 7.24. The number of aromatic amines is 1. The molecule has 1 atom stereocenters. The van der Waals surface area contributed by atoms with Crippen LogP contribution < -0.4 is 5.56 Å². The molecular weight excluding hydrogens is 338 g/mol. The first kappa shape index (κ1) is 15.9. The number of fused-ring (bicyclic) bond motifs is 3. The van der Waals surface area contributed by atoms with Gasteiger partial charge in [-0.15, -0.1) is 0 Å². The predicted octanol–water partition coefficient (Wildman–Crippen LogP) is 3.82. The van der Waals surface area contributed by atoms with Crippen molar-refractivity contribution in [2.24, 2.45) is 11.3 Å². The molecule has 0 radical (unpaired) electrons. The first-order valence-corrected chi connectivity index (χ1v) is 10.3. The van der Waals surface area contributed by atoms with Gasteiger partial charge in [0, 0.05) is 11.8 Å². The maximum Gasteiger partial charge on any atom is 0.294 e. The minimum absolute atomic E-state index is 0.141. The number of hydrogen-bond donors (Lipinski definition) is 1. The molecule has 1 N–H and O–H groups in total. The van der Waals surface area contributed by atoms with Crippen LogP contribution in [-0.2, 0) is 6.42 Å². The second-order valence-electron chi connectivity index (χ2n) is 9.09. The van der Waals surface area contributed by atoms with E-state index in [9.17, 15) is 4.79 Å². The van der Waals surface area contributed by atoms with Gasteiger partial charge in [-0.1, -0.05) is 6.07 Å². The molecule has 1 saturated heterocycles. The molecular formula is C22H25N3O2. The number of likely N-dealkylation sites (tertiary alicyclic amines) is 1. The fraction of sp³-hybridized carbons (Fsp3) is 0.545. The Morgan fingerprint density at radius 3 is 2.89 bits per heavy atom. The van der Waals surface area contributed by atoms with Gasteiger partial charge < -0.3 is 14.3 Å². The standard InChI is InChI=1S/C22H25N3O2/c1-25-8-6-22(7-9-25)12-15(22)11-18-23-19-16-10-14(13-2-3-13)4-5-17(16)27-20(19)21(26)24-18/h4-5,10,13,15H,2-3,6-9,11-12H2,1H3,(H,23,24,26). The number of furan rings is 1. The summed E-state index contributed by atoms with van der Waals surface area (Å²) in [6, 6.07) is 6.31. The lowest BCUT2D eigenvalue weighted by atomic mass is 9.90. The molecule has 140 valence electrons. The first-order chi connectivity index (χ1) is 13.1. The third kappa shape index (κ3) is 2.55. The minimum atomic E-state index is -0.141. The van der Waals surface area contributed by atoms with E-state index in [1.54, 1.807) is 0 Å². The van der Waals surface area contributed by atoms with E-state index in [1.165, 1.54) is 50.8 Å². The summed E-state index contributed by atoms with van der Waals surface area (Å²) in [5, 5.41) is 0.992. The highest BCUT2D eigenvalue weighted by Crippen LogP contribution is 2.60. The number of H-pyrrole nitrogens is 1. The van der Waals surface area contributed by atoms with Crippen LogP contribution in [0.3, 0.4) is 0 Å². The first-order valence-electron chi connectivity index (χ1n) is 10.3. The molecule has 1 spiro atoms. The van der Waals surface area contributed by atoms with Crippen LogP contribution in [-0.4, -0.2) is 35.0 Å². The smallest absolute Gasteiger partial charge is 0.294 e. The molecule has 27 heavy (non-hydrogen) atoms. The SMILES string of the molecule is CN1CCC2(CC1)CC2Cc1nc2c(oc3ccc(C4CC4)cc32)c(=O)[nH]1. The third-order valence-electron chi connectivity index (χ3n) is 7.23. The van der Waals surface area contributed by atoms with Gasteiger partial charge in [0.05, 0.1) is 0 Å². The Kier molecular flexibility index (Phi) is 3.20. The molecule has 0 bridgehead atoms. The molecule has 3 aromatic rings. The Hall–Kier alpha value is -2.14. The van der Waals surface area contributed by atoms with Crippen LogP contribution in [0.2, 0.25) is 0 Å². The summed E-state index contributed by atoms with van der Waals surface area (Å²) in [5.74, 6) is 2.16. The van der Waals surface area contributed by atoms with Crippen LogP contribution in [0.15, 0.2) is 27.4 Å². The molecule has 5 heteroatoms. The second-order valence-corrected chi connectivity index (χ2v) is 9.09. The van der Waals surface area contributed by atoms with E-state index < -0.39 is 0 Å². The Morgan fingerprint density at radius 2 is 2.11 bits per heavy atom. The van der Waals surface area contributed by atoms with E-state index in [2.05, 4.69) is 29.1 Å². The highest BCUT2D eigenvalue weighted by molar-refractivity contribution is 6.02. The summed E-state index contributed by atoms with van der Waals surface area (Å²) in [6.45, 7) is 2.38. The number of benzene rings is 1. The van der Waals surface area contributed by atoms with Crippen molar-refractivity contribution in [3.63, 3.8) is 0 Å². The van der Waals surface area contributed by atoms with Crippen molar-refractivity contribution in [2.45, 2.75) is 44.4 Å². The largest absolute Gasteiger partial charge is 0.449 e. The lowest BCUT2D eigenvalue weighted by Gasteiger charge is -2.30. The second kappa shape index (κ2) is 5.44. The van der Waals surface area contributed by atoms with Crippen molar-refractivity contribution in [1.82, 2.24) is 14.9 Å². The van der Waals surface area contributed by atoms with Gasteiger partial charge in [0.25, 0.3) is 5.56 Å². The van der Waals surface area contributed by atoms with Crippen LogP contribution in [0.25, 0.3) is 22.1 Å². The molecule has 3 fully saturated rings. The van der Waals surface area contributed by atoms with E-state index in [0.717, 1.165) is 28.7 Å². The van der Waals surface area contributed by atoms with E-state index in [1.807, 2.05) is 6.07 Å². The average Bonchev–Trinajstić information content (AvgIpc) is 3.57. The van der Waals surface area contributed by atoms with E-state index in [4.69, 9.17) is 9.40 Å². The van der Waals surface area contributed by atoms with Crippen LogP contribution in [0.1, 0.15) is 49.4 Å². The molecule has 1 aliphatic heterocycles. The van der Waals surface area contributed by atoms with Gasteiger partial charge in [-0.3, -0.25) is 4.79 Å². The maximum absolute atomic E-state index is 12.6.